The van der Waals surface area contributed by atoms with Gasteiger partial charge in [-0.3, -0.25) is 4.98 Å². The maximum atomic E-state index is 15.3. The van der Waals surface area contributed by atoms with Crippen LogP contribution in [0.3, 0.4) is 0 Å². The molecule has 1 amide bonds. The number of nitrogens with zero attached hydrogens (tertiary/aromatic N) is 6. The molecule has 11 heteroatoms. The van der Waals surface area contributed by atoms with Gasteiger partial charge in [0, 0.05) is 42.4 Å². The minimum atomic E-state index is -0.541. The first-order valence-electron chi connectivity index (χ1n) is 12.7. The number of aryl methyl sites for hydroxylation is 2. The van der Waals surface area contributed by atoms with Gasteiger partial charge in [-0.25, -0.2) is 28.5 Å². The predicted molar refractivity (Wildman–Crippen MR) is 140 cm³/mol. The van der Waals surface area contributed by atoms with Gasteiger partial charge in [-0.05, 0) is 46.8 Å². The first-order valence-corrected chi connectivity index (χ1v) is 12.7. The molecule has 1 fully saturated rings. The first-order chi connectivity index (χ1) is 18.5. The zero-order valence-corrected chi connectivity index (χ0v) is 22.5. The highest BCUT2D eigenvalue weighted by atomic mass is 19.1. The van der Waals surface area contributed by atoms with Crippen molar-refractivity contribution in [1.82, 2.24) is 29.4 Å². The number of rotatable bonds is 6. The molecule has 0 N–H and O–H groups in total. The topological polar surface area (TPSA) is 95.3 Å². The van der Waals surface area contributed by atoms with E-state index in [1.165, 1.54) is 18.3 Å². The largest absolute Gasteiger partial charge is 0.493 e. The van der Waals surface area contributed by atoms with Gasteiger partial charge in [-0.2, -0.15) is 0 Å². The monoisotopic (exact) mass is 536 g/mol. The molecule has 4 aromatic rings. The summed E-state index contributed by atoms with van der Waals surface area (Å²) in [6.45, 7) is 10.6. The number of pyridine rings is 1. The normalized spacial score (nSPS) is 14.0. The second-order valence-electron chi connectivity index (χ2n) is 10.8. The number of benzene rings is 1. The highest BCUT2D eigenvalue weighted by molar-refractivity contribution is 5.79. The van der Waals surface area contributed by atoms with Crippen LogP contribution >= 0.6 is 0 Å². The van der Waals surface area contributed by atoms with Crippen molar-refractivity contribution in [2.45, 2.75) is 46.8 Å². The zero-order valence-electron chi connectivity index (χ0n) is 22.5. The van der Waals surface area contributed by atoms with E-state index in [4.69, 9.17) is 9.47 Å². The van der Waals surface area contributed by atoms with Crippen LogP contribution in [0, 0.1) is 31.4 Å². The van der Waals surface area contributed by atoms with Gasteiger partial charge in [-0.15, -0.1) is 0 Å². The van der Waals surface area contributed by atoms with E-state index >= 15 is 4.39 Å². The molecule has 4 heterocycles. The lowest BCUT2D eigenvalue weighted by atomic mass is 10.0. The molecule has 0 aliphatic carbocycles. The fraction of sp³-hybridized carbons (Fsp3) is 0.393. The van der Waals surface area contributed by atoms with Crippen molar-refractivity contribution in [3.05, 3.63) is 65.4 Å². The van der Waals surface area contributed by atoms with E-state index in [0.717, 1.165) is 6.20 Å². The van der Waals surface area contributed by atoms with E-state index in [-0.39, 0.29) is 18.6 Å². The zero-order chi connectivity index (χ0) is 27.9. The van der Waals surface area contributed by atoms with Gasteiger partial charge < -0.3 is 18.9 Å². The lowest BCUT2D eigenvalue weighted by Gasteiger charge is -2.39. The Hall–Kier alpha value is -4.15. The molecule has 0 bridgehead atoms. The quantitative estimate of drug-likeness (QED) is 0.339. The SMILES string of the molecule is Cc1nc(C)c2nc(-c3cncc(F)c3)n(Cc3ccc(OCC4CN(C(=O)OC(C)(C)C)C4)cc3F)c2n1. The summed E-state index contributed by atoms with van der Waals surface area (Å²) in [6, 6.07) is 6.03. The van der Waals surface area contributed by atoms with Crippen LogP contribution in [-0.4, -0.2) is 60.8 Å². The summed E-state index contributed by atoms with van der Waals surface area (Å²) < 4.78 is 42.2. The number of likely N-dealkylation sites (tertiary alicyclic amines) is 1. The number of imidazole rings is 1. The molecular weight excluding hydrogens is 506 g/mol. The number of aromatic nitrogens is 5. The molecule has 0 radical (unpaired) electrons. The lowest BCUT2D eigenvalue weighted by molar-refractivity contribution is -0.00782. The van der Waals surface area contributed by atoms with Gasteiger partial charge in [0.2, 0.25) is 0 Å². The van der Waals surface area contributed by atoms with E-state index < -0.39 is 17.2 Å². The van der Waals surface area contributed by atoms with Crippen molar-refractivity contribution < 1.29 is 23.0 Å². The summed E-state index contributed by atoms with van der Waals surface area (Å²) in [6.07, 6.45) is 2.28. The third-order valence-electron chi connectivity index (χ3n) is 6.29. The number of amides is 1. The van der Waals surface area contributed by atoms with Crippen LogP contribution in [0.4, 0.5) is 13.6 Å². The van der Waals surface area contributed by atoms with Crippen molar-refractivity contribution in [3.8, 4) is 17.1 Å². The molecule has 1 aliphatic rings. The molecule has 1 aliphatic heterocycles. The summed E-state index contributed by atoms with van der Waals surface area (Å²) in [5.74, 6) is 0.551. The third-order valence-corrected chi connectivity index (χ3v) is 6.29. The van der Waals surface area contributed by atoms with E-state index in [9.17, 15) is 9.18 Å². The van der Waals surface area contributed by atoms with E-state index in [2.05, 4.69) is 19.9 Å². The molecule has 39 heavy (non-hydrogen) atoms. The summed E-state index contributed by atoms with van der Waals surface area (Å²) in [4.78, 5) is 31.2. The number of hydrogen-bond acceptors (Lipinski definition) is 7. The second-order valence-corrected chi connectivity index (χ2v) is 10.8. The van der Waals surface area contributed by atoms with E-state index in [1.807, 2.05) is 27.7 Å². The van der Waals surface area contributed by atoms with Crippen LogP contribution < -0.4 is 4.74 Å². The van der Waals surface area contributed by atoms with Gasteiger partial charge in [-0.1, -0.05) is 6.07 Å². The van der Waals surface area contributed by atoms with E-state index in [0.29, 0.717) is 65.1 Å². The van der Waals surface area contributed by atoms with Crippen LogP contribution in [0.1, 0.15) is 37.9 Å². The van der Waals surface area contributed by atoms with Crippen LogP contribution in [0.25, 0.3) is 22.6 Å². The van der Waals surface area contributed by atoms with Crippen molar-refractivity contribution in [3.63, 3.8) is 0 Å². The molecule has 0 unspecified atom stereocenters. The minimum Gasteiger partial charge on any atom is -0.493 e. The van der Waals surface area contributed by atoms with E-state index in [1.54, 1.807) is 28.5 Å². The van der Waals surface area contributed by atoms with Gasteiger partial charge in [0.25, 0.3) is 0 Å². The van der Waals surface area contributed by atoms with Crippen LogP contribution in [-0.2, 0) is 11.3 Å². The molecule has 0 spiro atoms. The third kappa shape index (κ3) is 5.81. The molecule has 3 aromatic heterocycles. The predicted octanol–water partition coefficient (Wildman–Crippen LogP) is 5.08. The number of ether oxygens (including phenoxy) is 2. The van der Waals surface area contributed by atoms with Gasteiger partial charge in [0.05, 0.1) is 25.0 Å². The molecule has 1 aromatic carbocycles. The Bertz CT molecular complexity index is 1540. The molecule has 1 saturated heterocycles. The molecule has 9 nitrogen and oxygen atoms in total. The lowest BCUT2D eigenvalue weighted by Crippen LogP contribution is -2.53. The number of halogens is 2. The Labute approximate surface area is 224 Å². The summed E-state index contributed by atoms with van der Waals surface area (Å²) in [5.41, 5.74) is 2.06. The molecule has 204 valence electrons. The fourth-order valence-corrected chi connectivity index (χ4v) is 4.46. The molecule has 0 atom stereocenters. The average Bonchev–Trinajstić information content (AvgIpc) is 3.17. The van der Waals surface area contributed by atoms with Crippen molar-refractivity contribution >= 4 is 17.3 Å². The van der Waals surface area contributed by atoms with Crippen LogP contribution in [0.15, 0.2) is 36.7 Å². The smallest absolute Gasteiger partial charge is 0.410 e. The molecular formula is C28H30F2N6O3. The molecule has 5 rings (SSSR count). The van der Waals surface area contributed by atoms with Gasteiger partial charge in [0.15, 0.2) is 5.65 Å². The highest BCUT2D eigenvalue weighted by Crippen LogP contribution is 2.28. The van der Waals surface area contributed by atoms with Crippen LogP contribution in [0.5, 0.6) is 5.75 Å². The Kier molecular flexibility index (Phi) is 6.92. The average molecular weight is 537 g/mol. The Balaban J connectivity index is 1.32. The Morgan fingerprint density at radius 1 is 1.08 bits per heavy atom. The van der Waals surface area contributed by atoms with Crippen molar-refractivity contribution in [2.24, 2.45) is 5.92 Å². The first kappa shape index (κ1) is 26.5. The number of carbonyl (C=O) groups is 1. The molecule has 0 saturated carbocycles. The summed E-state index contributed by atoms with van der Waals surface area (Å²) >= 11 is 0. The maximum Gasteiger partial charge on any atom is 0.410 e. The Morgan fingerprint density at radius 2 is 1.85 bits per heavy atom. The van der Waals surface area contributed by atoms with Gasteiger partial charge >= 0.3 is 6.09 Å². The Morgan fingerprint density at radius 3 is 2.54 bits per heavy atom. The highest BCUT2D eigenvalue weighted by Gasteiger charge is 2.34. The summed E-state index contributed by atoms with van der Waals surface area (Å²) in [5, 5.41) is 0. The number of carbonyl (C=O) groups excluding carboxylic acids is 1. The summed E-state index contributed by atoms with van der Waals surface area (Å²) in [7, 11) is 0. The van der Waals surface area contributed by atoms with Crippen LogP contribution in [0.2, 0.25) is 0 Å². The standard InChI is InChI=1S/C28H30F2N6O3/c1-16-24-26(33-17(2)32-16)36(25(34-24)20-8-21(29)11-31-10-20)14-19-6-7-22(9-23(19)30)38-15-18-12-35(13-18)27(37)39-28(3,4)5/h6-11,18H,12-15H2,1-5H3. The second kappa shape index (κ2) is 10.2. The van der Waals surface area contributed by atoms with Gasteiger partial charge in [0.1, 0.15) is 40.2 Å². The van der Waals surface area contributed by atoms with Crippen molar-refractivity contribution in [2.75, 3.05) is 19.7 Å². The fourth-order valence-electron chi connectivity index (χ4n) is 4.46. The number of fused-ring (bicyclic) bond motifs is 1. The van der Waals surface area contributed by atoms with Crippen molar-refractivity contribution in [1.29, 1.82) is 0 Å². The minimum absolute atomic E-state index is 0.109. The maximum absolute atomic E-state index is 15.3. The number of hydrogen-bond donors (Lipinski definition) is 0.